The van der Waals surface area contributed by atoms with Crippen molar-refractivity contribution in [2.24, 2.45) is 5.92 Å². The molecule has 1 aromatic carbocycles. The first kappa shape index (κ1) is 14.8. The van der Waals surface area contributed by atoms with E-state index in [1.165, 1.54) is 48.7 Å². The van der Waals surface area contributed by atoms with Gasteiger partial charge in [-0.25, -0.2) is 4.98 Å². The second kappa shape index (κ2) is 6.37. The molecule has 2 aromatic heterocycles. The summed E-state index contributed by atoms with van der Waals surface area (Å²) in [4.78, 5) is 7.98. The molecule has 0 radical (unpaired) electrons. The van der Waals surface area contributed by atoms with Crippen LogP contribution in [-0.2, 0) is 0 Å². The maximum absolute atomic E-state index is 6.25. The number of fused-ring (bicyclic) bond motifs is 1. The van der Waals surface area contributed by atoms with Crippen molar-refractivity contribution in [2.75, 3.05) is 0 Å². The Balaban J connectivity index is 1.73. The third-order valence-corrected chi connectivity index (χ3v) is 5.32. The first-order valence-corrected chi connectivity index (χ1v) is 8.86. The third kappa shape index (κ3) is 3.13. The smallest absolute Gasteiger partial charge is 0.137 e. The van der Waals surface area contributed by atoms with Crippen LogP contribution in [0.15, 0.2) is 48.7 Å². The summed E-state index contributed by atoms with van der Waals surface area (Å²) in [5.41, 5.74) is 3.53. The molecule has 1 aliphatic carbocycles. The highest BCUT2D eigenvalue weighted by Gasteiger charge is 2.24. The molecule has 4 rings (SSSR count). The Labute approximate surface area is 141 Å². The van der Waals surface area contributed by atoms with E-state index in [0.29, 0.717) is 5.92 Å². The molecule has 2 heterocycles. The lowest BCUT2D eigenvalue weighted by Gasteiger charge is -2.20. The van der Waals surface area contributed by atoms with Crippen LogP contribution < -0.4 is 0 Å². The number of benzene rings is 1. The highest BCUT2D eigenvalue weighted by atomic mass is 35.5. The maximum atomic E-state index is 6.25. The normalized spacial score (nSPS) is 16.9. The van der Waals surface area contributed by atoms with Crippen LogP contribution in [0, 0.1) is 5.92 Å². The van der Waals surface area contributed by atoms with Gasteiger partial charge < -0.3 is 4.98 Å². The standard InChI is InChI=1S/C20H21ClN2/c21-17-9-3-7-15(12-17)18(11-14-5-1-2-6-14)19-13-16-8-4-10-22-20(16)23-19/h3-4,7-10,12-14,18H,1-2,5-6,11H2,(H,22,23). The molecule has 0 aliphatic heterocycles. The Morgan fingerprint density at radius 3 is 2.78 bits per heavy atom. The number of hydrogen-bond acceptors (Lipinski definition) is 1. The Morgan fingerprint density at radius 2 is 2.00 bits per heavy atom. The van der Waals surface area contributed by atoms with Gasteiger partial charge in [-0.15, -0.1) is 0 Å². The number of rotatable bonds is 4. The second-order valence-corrected chi connectivity index (χ2v) is 7.10. The number of nitrogens with zero attached hydrogens (tertiary/aromatic N) is 1. The van der Waals surface area contributed by atoms with Gasteiger partial charge in [-0.2, -0.15) is 0 Å². The van der Waals surface area contributed by atoms with Crippen molar-refractivity contribution in [3.63, 3.8) is 0 Å². The van der Waals surface area contributed by atoms with Crippen LogP contribution in [0.1, 0.15) is 49.3 Å². The molecular weight excluding hydrogens is 304 g/mol. The van der Waals surface area contributed by atoms with E-state index in [4.69, 9.17) is 11.6 Å². The molecule has 3 heteroatoms. The third-order valence-electron chi connectivity index (χ3n) is 5.08. The molecule has 118 valence electrons. The highest BCUT2D eigenvalue weighted by Crippen LogP contribution is 2.38. The summed E-state index contributed by atoms with van der Waals surface area (Å²) in [7, 11) is 0. The van der Waals surface area contributed by atoms with Gasteiger partial charge in [0.2, 0.25) is 0 Å². The van der Waals surface area contributed by atoms with E-state index in [-0.39, 0.29) is 0 Å². The lowest BCUT2D eigenvalue weighted by Crippen LogP contribution is -2.07. The molecule has 1 atom stereocenters. The molecule has 2 nitrogen and oxygen atoms in total. The summed E-state index contributed by atoms with van der Waals surface area (Å²) in [6.45, 7) is 0. The molecule has 3 aromatic rings. The molecule has 0 bridgehead atoms. The van der Waals surface area contributed by atoms with Crippen molar-refractivity contribution in [1.82, 2.24) is 9.97 Å². The highest BCUT2D eigenvalue weighted by molar-refractivity contribution is 6.30. The van der Waals surface area contributed by atoms with Gasteiger partial charge in [0.25, 0.3) is 0 Å². The largest absolute Gasteiger partial charge is 0.343 e. The van der Waals surface area contributed by atoms with E-state index in [2.05, 4.69) is 40.3 Å². The fourth-order valence-corrected chi connectivity index (χ4v) is 4.11. The van der Waals surface area contributed by atoms with Crippen molar-refractivity contribution in [1.29, 1.82) is 0 Å². The number of H-pyrrole nitrogens is 1. The van der Waals surface area contributed by atoms with E-state index in [0.717, 1.165) is 16.6 Å². The number of hydrogen-bond donors (Lipinski definition) is 1. The van der Waals surface area contributed by atoms with Crippen molar-refractivity contribution < 1.29 is 0 Å². The van der Waals surface area contributed by atoms with Gasteiger partial charge in [0.05, 0.1) is 0 Å². The molecule has 1 fully saturated rings. The lowest BCUT2D eigenvalue weighted by atomic mass is 9.85. The maximum Gasteiger partial charge on any atom is 0.137 e. The molecule has 0 amide bonds. The Kier molecular flexibility index (Phi) is 4.09. The minimum Gasteiger partial charge on any atom is -0.343 e. The zero-order valence-corrected chi connectivity index (χ0v) is 13.9. The predicted octanol–water partition coefficient (Wildman–Crippen LogP) is 5.93. The number of nitrogens with one attached hydrogen (secondary N) is 1. The van der Waals surface area contributed by atoms with Crippen molar-refractivity contribution in [2.45, 2.75) is 38.0 Å². The summed E-state index contributed by atoms with van der Waals surface area (Å²) in [5.74, 6) is 1.18. The molecule has 0 saturated heterocycles. The fourth-order valence-electron chi connectivity index (χ4n) is 3.91. The van der Waals surface area contributed by atoms with Crippen molar-refractivity contribution >= 4 is 22.6 Å². The summed E-state index contributed by atoms with van der Waals surface area (Å²) in [5, 5.41) is 1.99. The quantitative estimate of drug-likeness (QED) is 0.633. The van der Waals surface area contributed by atoms with Crippen molar-refractivity contribution in [3.05, 3.63) is 64.9 Å². The summed E-state index contributed by atoms with van der Waals surface area (Å²) in [6.07, 6.45) is 8.49. The number of aromatic nitrogens is 2. The van der Waals surface area contributed by atoms with E-state index in [1.54, 1.807) is 0 Å². The molecule has 1 aliphatic rings. The van der Waals surface area contributed by atoms with Crippen molar-refractivity contribution in [3.8, 4) is 0 Å². The number of halogens is 1. The molecule has 23 heavy (non-hydrogen) atoms. The van der Waals surface area contributed by atoms with E-state index in [1.807, 2.05) is 18.3 Å². The minimum atomic E-state index is 0.367. The zero-order valence-electron chi connectivity index (χ0n) is 13.1. The van der Waals surface area contributed by atoms with Crippen LogP contribution in [0.4, 0.5) is 0 Å². The number of aromatic amines is 1. The van der Waals surface area contributed by atoms with Gasteiger partial charge in [0.1, 0.15) is 5.65 Å². The first-order valence-electron chi connectivity index (χ1n) is 8.49. The molecule has 1 saturated carbocycles. The summed E-state index contributed by atoms with van der Waals surface area (Å²) < 4.78 is 0. The minimum absolute atomic E-state index is 0.367. The Hall–Kier alpha value is -1.80. The van der Waals surface area contributed by atoms with Crippen LogP contribution in [0.3, 0.4) is 0 Å². The average molecular weight is 325 g/mol. The van der Waals surface area contributed by atoms with Crippen LogP contribution >= 0.6 is 11.6 Å². The lowest BCUT2D eigenvalue weighted by molar-refractivity contribution is 0.470. The van der Waals surface area contributed by atoms with Gasteiger partial charge in [-0.1, -0.05) is 49.4 Å². The Bertz CT molecular complexity index is 769. The fraction of sp³-hybridized carbons (Fsp3) is 0.350. The Morgan fingerprint density at radius 1 is 1.13 bits per heavy atom. The zero-order chi connectivity index (χ0) is 15.6. The molecule has 1 N–H and O–H groups in total. The molecular formula is C20H21ClN2. The van der Waals surface area contributed by atoms with E-state index < -0.39 is 0 Å². The van der Waals surface area contributed by atoms with Gasteiger partial charge >= 0.3 is 0 Å². The monoisotopic (exact) mass is 324 g/mol. The first-order chi connectivity index (χ1) is 11.3. The van der Waals surface area contributed by atoms with Crippen LogP contribution in [-0.4, -0.2) is 9.97 Å². The van der Waals surface area contributed by atoms with Gasteiger partial charge in [-0.05, 0) is 48.2 Å². The second-order valence-electron chi connectivity index (χ2n) is 6.66. The summed E-state index contributed by atoms with van der Waals surface area (Å²) in [6, 6.07) is 14.7. The van der Waals surface area contributed by atoms with Gasteiger partial charge in [0, 0.05) is 28.2 Å². The predicted molar refractivity (Wildman–Crippen MR) is 96.0 cm³/mol. The molecule has 1 unspecified atom stereocenters. The number of pyridine rings is 1. The van der Waals surface area contributed by atoms with Gasteiger partial charge in [0.15, 0.2) is 0 Å². The van der Waals surface area contributed by atoms with Gasteiger partial charge in [-0.3, -0.25) is 0 Å². The average Bonchev–Trinajstić information content (AvgIpc) is 3.21. The van der Waals surface area contributed by atoms with Crippen LogP contribution in [0.5, 0.6) is 0 Å². The van der Waals surface area contributed by atoms with Crippen LogP contribution in [0.25, 0.3) is 11.0 Å². The van der Waals surface area contributed by atoms with E-state index >= 15 is 0 Å². The topological polar surface area (TPSA) is 28.7 Å². The summed E-state index contributed by atoms with van der Waals surface area (Å²) >= 11 is 6.25. The molecule has 0 spiro atoms. The van der Waals surface area contributed by atoms with E-state index in [9.17, 15) is 0 Å². The van der Waals surface area contributed by atoms with Crippen LogP contribution in [0.2, 0.25) is 5.02 Å². The SMILES string of the molecule is Clc1cccc(C(CC2CCCC2)c2cc3cccnc3[nH]2)c1.